The zero-order valence-electron chi connectivity index (χ0n) is 21.4. The summed E-state index contributed by atoms with van der Waals surface area (Å²) in [5.41, 5.74) is 3.82. The third kappa shape index (κ3) is 5.33. The summed E-state index contributed by atoms with van der Waals surface area (Å²) >= 11 is 0. The van der Waals surface area contributed by atoms with Crippen LogP contribution < -0.4 is 5.62 Å². The average Bonchev–Trinajstić information content (AvgIpc) is 3.08. The molecule has 2 N–H and O–H groups in total. The van der Waals surface area contributed by atoms with E-state index in [-0.39, 0.29) is 35.5 Å². The predicted molar refractivity (Wildman–Crippen MR) is 135 cm³/mol. The summed E-state index contributed by atoms with van der Waals surface area (Å²) < 4.78 is 3.72. The highest BCUT2D eigenvalue weighted by molar-refractivity contribution is 5.96. The summed E-state index contributed by atoms with van der Waals surface area (Å²) in [6, 6.07) is 13.6. The summed E-state index contributed by atoms with van der Waals surface area (Å²) in [6.45, 7) is 12.7. The smallest absolute Gasteiger partial charge is 0.205 e. The van der Waals surface area contributed by atoms with Crippen molar-refractivity contribution < 1.29 is 15.0 Å². The Labute approximate surface area is 202 Å². The summed E-state index contributed by atoms with van der Waals surface area (Å²) in [4.78, 5) is 17.9. The summed E-state index contributed by atoms with van der Waals surface area (Å²) in [5, 5.41) is 21.0. The number of ketones is 1. The van der Waals surface area contributed by atoms with E-state index in [1.807, 2.05) is 88.6 Å². The van der Waals surface area contributed by atoms with Gasteiger partial charge in [-0.1, -0.05) is 71.9 Å². The number of benzene rings is 2. The lowest BCUT2D eigenvalue weighted by atomic mass is 9.78. The molecule has 0 saturated heterocycles. The van der Waals surface area contributed by atoms with Gasteiger partial charge in [-0.25, -0.2) is 0 Å². The molecule has 1 aromatic heterocycles. The van der Waals surface area contributed by atoms with Gasteiger partial charge in [0.15, 0.2) is 5.78 Å². The minimum atomic E-state index is -0.319. The van der Waals surface area contributed by atoms with Crippen molar-refractivity contribution in [3.63, 3.8) is 0 Å². The van der Waals surface area contributed by atoms with E-state index in [9.17, 15) is 15.0 Å². The number of phenolic OH excluding ortho intramolecular Hbond substituents is 1. The first-order valence-corrected chi connectivity index (χ1v) is 11.6. The van der Waals surface area contributed by atoms with E-state index in [0.29, 0.717) is 23.4 Å². The molecular formula is C28H37N3O3. The zero-order chi connectivity index (χ0) is 25.3. The van der Waals surface area contributed by atoms with Gasteiger partial charge in [0.25, 0.3) is 0 Å². The van der Waals surface area contributed by atoms with Crippen molar-refractivity contribution in [3.05, 3.63) is 82.2 Å². The molecule has 0 unspecified atom stereocenters. The van der Waals surface area contributed by atoms with Gasteiger partial charge in [0.2, 0.25) is 5.62 Å². The molecule has 0 aliphatic heterocycles. The number of aliphatic hydroxyl groups is 1. The van der Waals surface area contributed by atoms with E-state index in [2.05, 4.69) is 4.99 Å². The number of imidazole rings is 1. The van der Waals surface area contributed by atoms with E-state index < -0.39 is 0 Å². The van der Waals surface area contributed by atoms with Crippen molar-refractivity contribution in [1.29, 1.82) is 0 Å². The molecular weight excluding hydrogens is 426 g/mol. The Balaban J connectivity index is 2.05. The molecule has 0 amide bonds. The fourth-order valence-corrected chi connectivity index (χ4v) is 4.21. The molecule has 0 saturated carbocycles. The lowest BCUT2D eigenvalue weighted by Gasteiger charge is -2.28. The van der Waals surface area contributed by atoms with Crippen molar-refractivity contribution in [2.75, 3.05) is 7.05 Å². The number of phenols is 1. The van der Waals surface area contributed by atoms with Gasteiger partial charge in [-0.2, -0.15) is 0 Å². The maximum Gasteiger partial charge on any atom is 0.205 e. The lowest BCUT2D eigenvalue weighted by Crippen LogP contribution is -2.29. The molecule has 0 radical (unpaired) electrons. The lowest BCUT2D eigenvalue weighted by molar-refractivity contribution is 0.0970. The maximum atomic E-state index is 13.5. The van der Waals surface area contributed by atoms with Crippen LogP contribution in [0.15, 0.2) is 53.7 Å². The third-order valence-electron chi connectivity index (χ3n) is 6.06. The first kappa shape index (κ1) is 25.5. The van der Waals surface area contributed by atoms with Gasteiger partial charge in [-0.05, 0) is 28.5 Å². The SMILES string of the molecule is CN=c1n(CC(=O)c2cc(C(C)(C)C)c(O)c(C(C)(C)C)c2)cc(CO)n1Cc1ccccc1. The number of hydrogen-bond acceptors (Lipinski definition) is 4. The molecule has 0 aliphatic rings. The minimum Gasteiger partial charge on any atom is -0.507 e. The Morgan fingerprint density at radius 1 is 0.971 bits per heavy atom. The normalized spacial score (nSPS) is 12.9. The minimum absolute atomic E-state index is 0.0766. The van der Waals surface area contributed by atoms with E-state index in [1.165, 1.54) is 0 Å². The number of nitrogens with zero attached hydrogens (tertiary/aromatic N) is 3. The molecule has 1 heterocycles. The molecule has 6 nitrogen and oxygen atoms in total. The second-order valence-corrected chi connectivity index (χ2v) is 10.8. The Hall–Kier alpha value is -3.12. The third-order valence-corrected chi connectivity index (χ3v) is 6.06. The summed E-state index contributed by atoms with van der Waals surface area (Å²) in [5.74, 6) is 0.178. The quantitative estimate of drug-likeness (QED) is 0.527. The Morgan fingerprint density at radius 3 is 2.00 bits per heavy atom. The molecule has 34 heavy (non-hydrogen) atoms. The number of aromatic nitrogens is 2. The highest BCUT2D eigenvalue weighted by atomic mass is 16.3. The molecule has 0 aliphatic carbocycles. The second kappa shape index (κ2) is 9.63. The number of aliphatic hydroxyl groups excluding tert-OH is 1. The Kier molecular flexibility index (Phi) is 7.22. The van der Waals surface area contributed by atoms with E-state index in [4.69, 9.17) is 0 Å². The fraction of sp³-hybridized carbons (Fsp3) is 0.429. The van der Waals surface area contributed by atoms with Gasteiger partial charge in [0, 0.05) is 29.9 Å². The van der Waals surface area contributed by atoms with Crippen LogP contribution in [-0.2, 0) is 30.5 Å². The monoisotopic (exact) mass is 463 g/mol. The molecule has 0 spiro atoms. The molecule has 6 heteroatoms. The number of hydrogen-bond donors (Lipinski definition) is 2. The van der Waals surface area contributed by atoms with Crippen LogP contribution >= 0.6 is 0 Å². The van der Waals surface area contributed by atoms with Crippen molar-refractivity contribution in [2.45, 2.75) is 72.1 Å². The van der Waals surface area contributed by atoms with Crippen LogP contribution in [-0.4, -0.2) is 32.2 Å². The summed E-state index contributed by atoms with van der Waals surface area (Å²) in [7, 11) is 1.69. The second-order valence-electron chi connectivity index (χ2n) is 10.8. The highest BCUT2D eigenvalue weighted by Crippen LogP contribution is 2.39. The van der Waals surface area contributed by atoms with Gasteiger partial charge in [-0.15, -0.1) is 0 Å². The zero-order valence-corrected chi connectivity index (χ0v) is 21.4. The molecule has 2 aromatic carbocycles. The van der Waals surface area contributed by atoms with Gasteiger partial charge in [-0.3, -0.25) is 9.79 Å². The Morgan fingerprint density at radius 2 is 1.53 bits per heavy atom. The largest absolute Gasteiger partial charge is 0.507 e. The van der Waals surface area contributed by atoms with Crippen molar-refractivity contribution in [1.82, 2.24) is 9.13 Å². The number of Topliss-reactive ketones (excluding diaryl/α,β-unsaturated/α-hetero) is 1. The molecule has 0 bridgehead atoms. The van der Waals surface area contributed by atoms with E-state index in [1.54, 1.807) is 17.8 Å². The topological polar surface area (TPSA) is 79.8 Å². The molecule has 0 fully saturated rings. The average molecular weight is 464 g/mol. The molecule has 182 valence electrons. The van der Waals surface area contributed by atoms with E-state index >= 15 is 0 Å². The first-order valence-electron chi connectivity index (χ1n) is 11.6. The van der Waals surface area contributed by atoms with Crippen LogP contribution in [0.25, 0.3) is 0 Å². The number of carbonyl (C=O) groups excluding carboxylic acids is 1. The van der Waals surface area contributed by atoms with Crippen LogP contribution in [0.2, 0.25) is 0 Å². The number of aromatic hydroxyl groups is 1. The van der Waals surface area contributed by atoms with Crippen molar-refractivity contribution in [2.24, 2.45) is 4.99 Å². The highest BCUT2D eigenvalue weighted by Gasteiger charge is 2.28. The van der Waals surface area contributed by atoms with Crippen molar-refractivity contribution >= 4 is 5.78 Å². The molecule has 0 atom stereocenters. The molecule has 3 rings (SSSR count). The van der Waals surface area contributed by atoms with Gasteiger partial charge in [0.1, 0.15) is 5.75 Å². The molecule has 3 aromatic rings. The Bertz CT molecular complexity index is 1200. The number of carbonyl (C=O) groups is 1. The van der Waals surface area contributed by atoms with E-state index in [0.717, 1.165) is 16.7 Å². The standard InChI is InChI=1S/C28H37N3O3/c1-27(2,3)22-13-20(14-23(25(22)34)28(4,5)6)24(33)17-30-16-21(18-32)31(26(30)29-7)15-19-11-9-8-10-12-19/h8-14,16,32,34H,15,17-18H2,1-7H3. The summed E-state index contributed by atoms with van der Waals surface area (Å²) in [6.07, 6.45) is 1.79. The van der Waals surface area contributed by atoms with Crippen LogP contribution in [0, 0.1) is 0 Å². The van der Waals surface area contributed by atoms with Gasteiger partial charge < -0.3 is 19.3 Å². The van der Waals surface area contributed by atoms with Gasteiger partial charge >= 0.3 is 0 Å². The van der Waals surface area contributed by atoms with Crippen LogP contribution in [0.4, 0.5) is 0 Å². The van der Waals surface area contributed by atoms with Gasteiger partial charge in [0.05, 0.1) is 25.4 Å². The fourth-order valence-electron chi connectivity index (χ4n) is 4.21. The first-order chi connectivity index (χ1) is 15.9. The van der Waals surface area contributed by atoms with Crippen LogP contribution in [0.5, 0.6) is 5.75 Å². The maximum absolute atomic E-state index is 13.5. The van der Waals surface area contributed by atoms with Crippen LogP contribution in [0.3, 0.4) is 0 Å². The van der Waals surface area contributed by atoms with Crippen molar-refractivity contribution in [3.8, 4) is 5.75 Å². The predicted octanol–water partition coefficient (Wildman–Crippen LogP) is 4.54. The van der Waals surface area contributed by atoms with Crippen LogP contribution in [0.1, 0.15) is 74.3 Å². The number of rotatable bonds is 6.